The first-order valence-electron chi connectivity index (χ1n) is 9.32. The van der Waals surface area contributed by atoms with Crippen molar-refractivity contribution in [2.75, 3.05) is 11.9 Å². The third-order valence-electron chi connectivity index (χ3n) is 4.96. The van der Waals surface area contributed by atoms with Gasteiger partial charge >= 0.3 is 6.03 Å². The highest BCUT2D eigenvalue weighted by atomic mass is 16.2. The molecule has 1 aliphatic heterocycles. The summed E-state index contributed by atoms with van der Waals surface area (Å²) in [4.78, 5) is 14.6. The minimum Gasteiger partial charge on any atom is -0.347 e. The minimum absolute atomic E-state index is 0.0339. The fraction of sp³-hybridized carbons (Fsp3) is 0.318. The molecule has 4 rings (SSSR count). The van der Waals surface area contributed by atoms with Crippen molar-refractivity contribution in [2.45, 2.75) is 33.4 Å². The Labute approximate surface area is 154 Å². The van der Waals surface area contributed by atoms with Gasteiger partial charge < -0.3 is 14.8 Å². The molecule has 4 heteroatoms. The number of nitrogens with zero attached hydrogens (tertiary/aromatic N) is 2. The lowest BCUT2D eigenvalue weighted by Gasteiger charge is -2.22. The average molecular weight is 347 g/mol. The zero-order valence-electron chi connectivity index (χ0n) is 15.4. The van der Waals surface area contributed by atoms with E-state index < -0.39 is 0 Å². The van der Waals surface area contributed by atoms with Crippen LogP contribution in [0.25, 0.3) is 10.9 Å². The molecule has 0 spiro atoms. The summed E-state index contributed by atoms with van der Waals surface area (Å²) in [5, 5.41) is 4.35. The number of carbonyl (C=O) groups is 1. The van der Waals surface area contributed by atoms with E-state index in [1.54, 1.807) is 0 Å². The van der Waals surface area contributed by atoms with Gasteiger partial charge in [0.25, 0.3) is 0 Å². The van der Waals surface area contributed by atoms with Gasteiger partial charge in [-0.2, -0.15) is 0 Å². The maximum absolute atomic E-state index is 12.7. The zero-order valence-corrected chi connectivity index (χ0v) is 15.4. The number of para-hydroxylation sites is 1. The molecule has 0 saturated heterocycles. The van der Waals surface area contributed by atoms with Gasteiger partial charge in [0.2, 0.25) is 0 Å². The molecule has 0 unspecified atom stereocenters. The number of hydrogen-bond acceptors (Lipinski definition) is 1. The zero-order chi connectivity index (χ0) is 18.1. The van der Waals surface area contributed by atoms with E-state index in [4.69, 9.17) is 0 Å². The smallest absolute Gasteiger partial charge is 0.322 e. The normalized spacial score (nSPS) is 13.9. The standard InChI is InChI=1S/C22H25N3O/c1-16(2)13-25-15-18-11-12-24(14-17-7-6-10-20(25)21(17)18)22(26)23-19-8-4-3-5-9-19/h3-10,15-16H,11-14H2,1-2H3,(H,23,26). The largest absolute Gasteiger partial charge is 0.347 e. The third-order valence-corrected chi connectivity index (χ3v) is 4.96. The molecule has 134 valence electrons. The Morgan fingerprint density at radius 3 is 2.65 bits per heavy atom. The number of amides is 2. The van der Waals surface area contributed by atoms with Crippen LogP contribution in [0.1, 0.15) is 25.0 Å². The Hall–Kier alpha value is -2.75. The predicted octanol–water partition coefficient (Wildman–Crippen LogP) is 4.89. The number of hydrogen-bond donors (Lipinski definition) is 1. The molecule has 2 aromatic carbocycles. The molecular formula is C22H25N3O. The molecule has 2 amide bonds. The molecule has 4 nitrogen and oxygen atoms in total. The first kappa shape index (κ1) is 16.7. The van der Waals surface area contributed by atoms with Gasteiger partial charge in [0.05, 0.1) is 0 Å². The maximum Gasteiger partial charge on any atom is 0.322 e. The van der Waals surface area contributed by atoms with Crippen molar-refractivity contribution in [2.24, 2.45) is 5.92 Å². The van der Waals surface area contributed by atoms with Gasteiger partial charge in [0, 0.05) is 42.4 Å². The number of anilines is 1. The molecule has 1 aliphatic rings. The summed E-state index contributed by atoms with van der Waals surface area (Å²) >= 11 is 0. The van der Waals surface area contributed by atoms with E-state index in [9.17, 15) is 4.79 Å². The highest BCUT2D eigenvalue weighted by Gasteiger charge is 2.22. The Balaban J connectivity index is 1.61. The number of benzene rings is 2. The summed E-state index contributed by atoms with van der Waals surface area (Å²) < 4.78 is 2.37. The van der Waals surface area contributed by atoms with Crippen molar-refractivity contribution in [1.82, 2.24) is 9.47 Å². The second kappa shape index (κ2) is 6.87. The number of nitrogens with one attached hydrogen (secondary N) is 1. The lowest BCUT2D eigenvalue weighted by molar-refractivity contribution is 0.210. The van der Waals surface area contributed by atoms with E-state index >= 15 is 0 Å². The second-order valence-electron chi connectivity index (χ2n) is 7.48. The number of carbonyl (C=O) groups excluding carboxylic acids is 1. The van der Waals surface area contributed by atoms with Gasteiger partial charge in [-0.3, -0.25) is 0 Å². The maximum atomic E-state index is 12.7. The van der Waals surface area contributed by atoms with Gasteiger partial charge in [-0.05, 0) is 41.7 Å². The molecule has 1 aromatic heterocycles. The van der Waals surface area contributed by atoms with Crippen molar-refractivity contribution in [3.8, 4) is 0 Å². The fourth-order valence-corrected chi connectivity index (χ4v) is 3.82. The van der Waals surface area contributed by atoms with Crippen molar-refractivity contribution >= 4 is 22.6 Å². The monoisotopic (exact) mass is 347 g/mol. The summed E-state index contributed by atoms with van der Waals surface area (Å²) in [5.74, 6) is 0.609. The number of aromatic nitrogens is 1. The minimum atomic E-state index is -0.0339. The van der Waals surface area contributed by atoms with Crippen molar-refractivity contribution in [1.29, 1.82) is 0 Å². The molecule has 0 aliphatic carbocycles. The van der Waals surface area contributed by atoms with Crippen LogP contribution in [0, 0.1) is 5.92 Å². The molecule has 26 heavy (non-hydrogen) atoms. The molecule has 1 N–H and O–H groups in total. The van der Waals surface area contributed by atoms with Gasteiger partial charge in [0.1, 0.15) is 0 Å². The summed E-state index contributed by atoms with van der Waals surface area (Å²) in [6.07, 6.45) is 3.17. The van der Waals surface area contributed by atoms with Crippen molar-refractivity contribution < 1.29 is 4.79 Å². The molecule has 3 aromatic rings. The topological polar surface area (TPSA) is 37.3 Å². The van der Waals surface area contributed by atoms with Crippen molar-refractivity contribution in [3.05, 3.63) is 65.9 Å². The SMILES string of the molecule is CC(C)Cn1cc2c3c(cccc31)CN(C(=O)Nc1ccccc1)CC2. The highest BCUT2D eigenvalue weighted by molar-refractivity contribution is 5.91. The van der Waals surface area contributed by atoms with Gasteiger partial charge in [0.15, 0.2) is 0 Å². The van der Waals surface area contributed by atoms with Crippen LogP contribution in [0.5, 0.6) is 0 Å². The van der Waals surface area contributed by atoms with E-state index in [1.807, 2.05) is 35.2 Å². The van der Waals surface area contributed by atoms with Gasteiger partial charge in [-0.15, -0.1) is 0 Å². The first-order valence-corrected chi connectivity index (χ1v) is 9.32. The van der Waals surface area contributed by atoms with E-state index in [1.165, 1.54) is 22.0 Å². The molecule has 0 radical (unpaired) electrons. The Morgan fingerprint density at radius 1 is 1.08 bits per heavy atom. The Kier molecular flexibility index (Phi) is 4.41. The van der Waals surface area contributed by atoms with Crippen LogP contribution >= 0.6 is 0 Å². The third kappa shape index (κ3) is 3.19. The lowest BCUT2D eigenvalue weighted by Crippen LogP contribution is -2.35. The van der Waals surface area contributed by atoms with Crippen LogP contribution in [0.15, 0.2) is 54.7 Å². The van der Waals surface area contributed by atoms with Crippen molar-refractivity contribution in [3.63, 3.8) is 0 Å². The van der Waals surface area contributed by atoms with E-state index in [-0.39, 0.29) is 6.03 Å². The van der Waals surface area contributed by atoms with E-state index in [2.05, 4.69) is 48.1 Å². The number of urea groups is 1. The summed E-state index contributed by atoms with van der Waals surface area (Å²) in [7, 11) is 0. The summed E-state index contributed by atoms with van der Waals surface area (Å²) in [5.41, 5.74) is 4.71. The Bertz CT molecular complexity index is 927. The quantitative estimate of drug-likeness (QED) is 0.720. The predicted molar refractivity (Wildman–Crippen MR) is 106 cm³/mol. The second-order valence-corrected chi connectivity index (χ2v) is 7.48. The molecule has 2 heterocycles. The number of rotatable bonds is 3. The van der Waals surface area contributed by atoms with E-state index in [0.29, 0.717) is 12.5 Å². The molecular weight excluding hydrogens is 322 g/mol. The molecule has 0 fully saturated rings. The highest BCUT2D eigenvalue weighted by Crippen LogP contribution is 2.30. The molecule has 0 saturated carbocycles. The van der Waals surface area contributed by atoms with Crippen LogP contribution < -0.4 is 5.32 Å². The molecule has 0 bridgehead atoms. The van der Waals surface area contributed by atoms with Crippen LogP contribution in [0.3, 0.4) is 0 Å². The summed E-state index contributed by atoms with van der Waals surface area (Å²) in [6.45, 7) is 6.90. The molecule has 0 atom stereocenters. The van der Waals surface area contributed by atoms with Crippen LogP contribution in [0.4, 0.5) is 10.5 Å². The van der Waals surface area contributed by atoms with Crippen LogP contribution in [-0.2, 0) is 19.5 Å². The van der Waals surface area contributed by atoms with Crippen LogP contribution in [-0.4, -0.2) is 22.0 Å². The Morgan fingerprint density at radius 2 is 1.88 bits per heavy atom. The lowest BCUT2D eigenvalue weighted by atomic mass is 10.1. The van der Waals surface area contributed by atoms with Crippen LogP contribution in [0.2, 0.25) is 0 Å². The summed E-state index contributed by atoms with van der Waals surface area (Å²) in [6, 6.07) is 16.1. The average Bonchev–Trinajstić information content (AvgIpc) is 2.85. The first-order chi connectivity index (χ1) is 12.6. The van der Waals surface area contributed by atoms with Gasteiger partial charge in [-0.1, -0.05) is 44.2 Å². The van der Waals surface area contributed by atoms with Gasteiger partial charge in [-0.25, -0.2) is 4.79 Å². The fourth-order valence-electron chi connectivity index (χ4n) is 3.82. The van der Waals surface area contributed by atoms with E-state index in [0.717, 1.165) is 25.2 Å².